The van der Waals surface area contributed by atoms with Gasteiger partial charge in [0, 0.05) is 24.5 Å². The van der Waals surface area contributed by atoms with E-state index in [1.165, 1.54) is 11.5 Å². The molecule has 3 rings (SSSR count). The zero-order chi connectivity index (χ0) is 17.6. The molecule has 0 bridgehead atoms. The molecule has 1 N–H and O–H groups in total. The number of nitrogens with zero attached hydrogens (tertiary/aromatic N) is 3. The standard InChI is InChI=1S/C17H21FN4O2S/c1-12-15(11-25-21-12)17(23)20-13-4-5-16(19-9-13)24-14-3-2-7-22(10-14)8-6-18/h4-5,9,11,14H,2-3,6-8,10H2,1H3,(H,20,23). The minimum absolute atomic E-state index is 0.0211. The summed E-state index contributed by atoms with van der Waals surface area (Å²) >= 11 is 1.26. The number of anilines is 1. The number of halogens is 1. The predicted octanol–water partition coefficient (Wildman–Crippen LogP) is 2.91. The van der Waals surface area contributed by atoms with Crippen LogP contribution in [0.2, 0.25) is 0 Å². The van der Waals surface area contributed by atoms with E-state index < -0.39 is 0 Å². The van der Waals surface area contributed by atoms with Crippen LogP contribution in [0, 0.1) is 6.92 Å². The van der Waals surface area contributed by atoms with E-state index in [4.69, 9.17) is 4.74 Å². The van der Waals surface area contributed by atoms with Crippen molar-refractivity contribution >= 4 is 23.1 Å². The van der Waals surface area contributed by atoms with Gasteiger partial charge < -0.3 is 10.1 Å². The van der Waals surface area contributed by atoms with Gasteiger partial charge in [-0.15, -0.1) is 0 Å². The number of hydrogen-bond acceptors (Lipinski definition) is 6. The van der Waals surface area contributed by atoms with E-state index in [1.54, 1.807) is 30.6 Å². The molecule has 25 heavy (non-hydrogen) atoms. The summed E-state index contributed by atoms with van der Waals surface area (Å²) in [6.07, 6.45) is 3.53. The summed E-state index contributed by atoms with van der Waals surface area (Å²) in [5.41, 5.74) is 1.89. The lowest BCUT2D eigenvalue weighted by atomic mass is 10.1. The topological polar surface area (TPSA) is 67.3 Å². The quantitative estimate of drug-likeness (QED) is 0.854. The lowest BCUT2D eigenvalue weighted by Crippen LogP contribution is -2.42. The molecule has 1 aliphatic heterocycles. The first-order chi connectivity index (χ1) is 12.2. The maximum atomic E-state index is 12.5. The molecule has 1 atom stereocenters. The maximum absolute atomic E-state index is 12.5. The van der Waals surface area contributed by atoms with Crippen LogP contribution in [0.5, 0.6) is 5.88 Å². The minimum atomic E-state index is -0.335. The van der Waals surface area contributed by atoms with Gasteiger partial charge in [-0.2, -0.15) is 4.37 Å². The highest BCUT2D eigenvalue weighted by Gasteiger charge is 2.21. The molecule has 1 aliphatic rings. The largest absolute Gasteiger partial charge is 0.473 e. The van der Waals surface area contributed by atoms with E-state index in [9.17, 15) is 9.18 Å². The molecular weight excluding hydrogens is 343 g/mol. The zero-order valence-electron chi connectivity index (χ0n) is 14.1. The first kappa shape index (κ1) is 17.8. The van der Waals surface area contributed by atoms with Gasteiger partial charge >= 0.3 is 0 Å². The van der Waals surface area contributed by atoms with E-state index in [0.29, 0.717) is 35.9 Å². The van der Waals surface area contributed by atoms with Crippen molar-refractivity contribution in [3.63, 3.8) is 0 Å². The predicted molar refractivity (Wildman–Crippen MR) is 95.1 cm³/mol. The van der Waals surface area contributed by atoms with Gasteiger partial charge in [0.25, 0.3) is 5.91 Å². The van der Waals surface area contributed by atoms with E-state index in [1.807, 2.05) is 0 Å². The summed E-state index contributed by atoms with van der Waals surface area (Å²) < 4.78 is 22.5. The molecule has 8 heteroatoms. The van der Waals surface area contributed by atoms with Crippen molar-refractivity contribution in [2.24, 2.45) is 0 Å². The molecule has 1 saturated heterocycles. The number of hydrogen-bond donors (Lipinski definition) is 1. The summed E-state index contributed by atoms with van der Waals surface area (Å²) in [4.78, 5) is 18.5. The van der Waals surface area contributed by atoms with Gasteiger partial charge in [-0.25, -0.2) is 9.37 Å². The van der Waals surface area contributed by atoms with Gasteiger partial charge in [0.05, 0.1) is 23.1 Å². The second-order valence-electron chi connectivity index (χ2n) is 6.02. The molecular formula is C17H21FN4O2S. The fourth-order valence-electron chi connectivity index (χ4n) is 2.84. The summed E-state index contributed by atoms with van der Waals surface area (Å²) in [5.74, 6) is 0.314. The van der Waals surface area contributed by atoms with Crippen molar-refractivity contribution in [1.29, 1.82) is 0 Å². The van der Waals surface area contributed by atoms with Crippen LogP contribution in [0.4, 0.5) is 10.1 Å². The highest BCUT2D eigenvalue weighted by atomic mass is 32.1. The second-order valence-corrected chi connectivity index (χ2v) is 6.65. The van der Waals surface area contributed by atoms with Gasteiger partial charge in [0.2, 0.25) is 5.88 Å². The number of alkyl halides is 1. The lowest BCUT2D eigenvalue weighted by molar-refractivity contribution is 0.0814. The fraction of sp³-hybridized carbons (Fsp3) is 0.471. The molecule has 1 fully saturated rings. The molecule has 2 aromatic heterocycles. The Labute approximate surface area is 150 Å². The Hall–Kier alpha value is -2.06. The normalized spacial score (nSPS) is 18.1. The van der Waals surface area contributed by atoms with Crippen LogP contribution in [-0.4, -0.2) is 52.6 Å². The van der Waals surface area contributed by atoms with E-state index in [2.05, 4.69) is 19.6 Å². The van der Waals surface area contributed by atoms with Crippen LogP contribution < -0.4 is 10.1 Å². The van der Waals surface area contributed by atoms with E-state index >= 15 is 0 Å². The molecule has 0 radical (unpaired) electrons. The molecule has 134 valence electrons. The van der Waals surface area contributed by atoms with Crippen molar-refractivity contribution in [3.8, 4) is 5.88 Å². The summed E-state index contributed by atoms with van der Waals surface area (Å²) in [5, 5.41) is 4.52. The maximum Gasteiger partial charge on any atom is 0.258 e. The Kier molecular flexibility index (Phi) is 5.93. The Bertz CT molecular complexity index is 705. The molecule has 6 nitrogen and oxygen atoms in total. The average Bonchev–Trinajstić information content (AvgIpc) is 3.03. The summed E-state index contributed by atoms with van der Waals surface area (Å²) in [7, 11) is 0. The van der Waals surface area contributed by atoms with E-state index in [-0.39, 0.29) is 18.7 Å². The van der Waals surface area contributed by atoms with Crippen LogP contribution >= 0.6 is 11.5 Å². The fourth-order valence-corrected chi connectivity index (χ4v) is 3.53. The number of carbonyl (C=O) groups excluding carboxylic acids is 1. The van der Waals surface area contributed by atoms with Crippen LogP contribution in [0.15, 0.2) is 23.7 Å². The van der Waals surface area contributed by atoms with Crippen LogP contribution in [0.25, 0.3) is 0 Å². The molecule has 2 aromatic rings. The number of amides is 1. The van der Waals surface area contributed by atoms with Gasteiger partial charge in [0.1, 0.15) is 12.8 Å². The zero-order valence-corrected chi connectivity index (χ0v) is 14.9. The Balaban J connectivity index is 1.55. The van der Waals surface area contributed by atoms with Gasteiger partial charge in [-0.1, -0.05) is 0 Å². The van der Waals surface area contributed by atoms with E-state index in [0.717, 1.165) is 19.4 Å². The van der Waals surface area contributed by atoms with Crippen molar-refractivity contribution < 1.29 is 13.9 Å². The smallest absolute Gasteiger partial charge is 0.258 e. The number of pyridine rings is 1. The molecule has 0 spiro atoms. The summed E-state index contributed by atoms with van der Waals surface area (Å²) in [6, 6.07) is 3.50. The number of rotatable bonds is 6. The van der Waals surface area contributed by atoms with Crippen LogP contribution in [-0.2, 0) is 0 Å². The van der Waals surface area contributed by atoms with Gasteiger partial charge in [-0.3, -0.25) is 9.69 Å². The third-order valence-electron chi connectivity index (χ3n) is 4.14. The first-order valence-corrected chi connectivity index (χ1v) is 9.12. The van der Waals surface area contributed by atoms with Crippen molar-refractivity contribution in [2.45, 2.75) is 25.9 Å². The SMILES string of the molecule is Cc1nscc1C(=O)Nc1ccc(OC2CCCN(CCF)C2)nc1. The highest BCUT2D eigenvalue weighted by molar-refractivity contribution is 7.04. The van der Waals surface area contributed by atoms with Crippen LogP contribution in [0.1, 0.15) is 28.9 Å². The molecule has 0 aromatic carbocycles. The molecule has 1 unspecified atom stereocenters. The first-order valence-electron chi connectivity index (χ1n) is 8.29. The number of ether oxygens (including phenoxy) is 1. The third kappa shape index (κ3) is 4.73. The molecule has 0 aliphatic carbocycles. The summed E-state index contributed by atoms with van der Waals surface area (Å²) in [6.45, 7) is 3.55. The Morgan fingerprint density at radius 3 is 3.08 bits per heavy atom. The minimum Gasteiger partial charge on any atom is -0.473 e. The number of nitrogens with one attached hydrogen (secondary N) is 1. The van der Waals surface area contributed by atoms with Crippen molar-refractivity contribution in [1.82, 2.24) is 14.3 Å². The lowest BCUT2D eigenvalue weighted by Gasteiger charge is -2.31. The number of piperidine rings is 1. The van der Waals surface area contributed by atoms with Crippen molar-refractivity contribution in [3.05, 3.63) is 35.0 Å². The molecule has 0 saturated carbocycles. The monoisotopic (exact) mass is 364 g/mol. The molecule has 3 heterocycles. The second kappa shape index (κ2) is 8.35. The van der Waals surface area contributed by atoms with Gasteiger partial charge in [-0.05, 0) is 43.9 Å². The Morgan fingerprint density at radius 1 is 1.52 bits per heavy atom. The van der Waals surface area contributed by atoms with Crippen LogP contribution in [0.3, 0.4) is 0 Å². The number of aryl methyl sites for hydroxylation is 1. The van der Waals surface area contributed by atoms with Gasteiger partial charge in [0.15, 0.2) is 0 Å². The average molecular weight is 364 g/mol. The number of likely N-dealkylation sites (tertiary alicyclic amines) is 1. The highest BCUT2D eigenvalue weighted by Crippen LogP contribution is 2.19. The third-order valence-corrected chi connectivity index (χ3v) is 4.86. The number of aromatic nitrogens is 2. The molecule has 1 amide bonds. The van der Waals surface area contributed by atoms with Crippen molar-refractivity contribution in [2.75, 3.05) is 31.6 Å². The Morgan fingerprint density at radius 2 is 2.40 bits per heavy atom. The number of carbonyl (C=O) groups is 1.